The van der Waals surface area contributed by atoms with E-state index in [4.69, 9.17) is 4.74 Å². The molecule has 1 atom stereocenters. The number of nitrogens with one attached hydrogen (secondary N) is 1. The Labute approximate surface area is 148 Å². The number of hydrogen-bond acceptors (Lipinski definition) is 4. The SMILES string of the molecule is Cc1ncc2c(n1)CCC(C(=O)NCCOc1c(C)cccc1C)C2. The van der Waals surface area contributed by atoms with Gasteiger partial charge in [0.25, 0.3) is 0 Å². The Balaban J connectivity index is 1.48. The first kappa shape index (κ1) is 17.4. The number of benzene rings is 1. The van der Waals surface area contributed by atoms with Crippen molar-refractivity contribution in [1.29, 1.82) is 0 Å². The molecule has 3 rings (SSSR count). The molecule has 1 aromatic carbocycles. The molecule has 1 aromatic heterocycles. The van der Waals surface area contributed by atoms with E-state index in [0.29, 0.717) is 13.2 Å². The number of aryl methyl sites for hydroxylation is 4. The van der Waals surface area contributed by atoms with Gasteiger partial charge in [0.05, 0.1) is 6.54 Å². The van der Waals surface area contributed by atoms with Crippen LogP contribution in [0.15, 0.2) is 24.4 Å². The standard InChI is InChI=1S/C20H25N3O2/c1-13-5-4-6-14(2)19(13)25-10-9-21-20(24)16-7-8-18-17(11-16)12-22-15(3)23-18/h4-6,12,16H,7-11H2,1-3H3,(H,21,24). The Bertz CT molecular complexity index is 753. The molecule has 5 nitrogen and oxygen atoms in total. The molecule has 132 valence electrons. The van der Waals surface area contributed by atoms with Crippen LogP contribution < -0.4 is 10.1 Å². The second-order valence-electron chi connectivity index (χ2n) is 6.69. The number of amides is 1. The van der Waals surface area contributed by atoms with E-state index in [1.807, 2.05) is 45.2 Å². The first-order valence-corrected chi connectivity index (χ1v) is 8.82. The van der Waals surface area contributed by atoms with E-state index < -0.39 is 0 Å². The predicted molar refractivity (Wildman–Crippen MR) is 96.7 cm³/mol. The molecule has 0 saturated heterocycles. The molecule has 25 heavy (non-hydrogen) atoms. The largest absolute Gasteiger partial charge is 0.491 e. The number of hydrogen-bond donors (Lipinski definition) is 1. The van der Waals surface area contributed by atoms with Gasteiger partial charge in [-0.2, -0.15) is 0 Å². The molecule has 0 saturated carbocycles. The first-order chi connectivity index (χ1) is 12.0. The normalized spacial score (nSPS) is 16.2. The van der Waals surface area contributed by atoms with Gasteiger partial charge in [-0.15, -0.1) is 0 Å². The van der Waals surface area contributed by atoms with E-state index in [1.165, 1.54) is 0 Å². The molecule has 2 aromatic rings. The van der Waals surface area contributed by atoms with E-state index in [1.54, 1.807) is 0 Å². The summed E-state index contributed by atoms with van der Waals surface area (Å²) in [6.07, 6.45) is 4.27. The fourth-order valence-electron chi connectivity index (χ4n) is 3.33. The van der Waals surface area contributed by atoms with Crippen LogP contribution in [0.4, 0.5) is 0 Å². The minimum Gasteiger partial charge on any atom is -0.491 e. The van der Waals surface area contributed by atoms with E-state index in [9.17, 15) is 4.79 Å². The summed E-state index contributed by atoms with van der Waals surface area (Å²) in [5.41, 5.74) is 4.43. The summed E-state index contributed by atoms with van der Waals surface area (Å²) in [6.45, 7) is 6.95. The van der Waals surface area contributed by atoms with Crippen LogP contribution in [-0.2, 0) is 17.6 Å². The smallest absolute Gasteiger partial charge is 0.223 e. The lowest BCUT2D eigenvalue weighted by Crippen LogP contribution is -2.36. The average Bonchev–Trinajstić information content (AvgIpc) is 2.60. The summed E-state index contributed by atoms with van der Waals surface area (Å²) in [5.74, 6) is 1.80. The van der Waals surface area contributed by atoms with Gasteiger partial charge in [-0.1, -0.05) is 18.2 Å². The molecule has 1 amide bonds. The highest BCUT2D eigenvalue weighted by atomic mass is 16.5. The third kappa shape index (κ3) is 4.16. The zero-order valence-electron chi connectivity index (χ0n) is 15.1. The van der Waals surface area contributed by atoms with Crippen LogP contribution >= 0.6 is 0 Å². The second kappa shape index (κ2) is 7.64. The summed E-state index contributed by atoms with van der Waals surface area (Å²) >= 11 is 0. The third-order valence-electron chi connectivity index (χ3n) is 4.70. The topological polar surface area (TPSA) is 64.1 Å². The van der Waals surface area contributed by atoms with E-state index >= 15 is 0 Å². The summed E-state index contributed by atoms with van der Waals surface area (Å²) in [4.78, 5) is 21.1. The highest BCUT2D eigenvalue weighted by Gasteiger charge is 2.25. The molecule has 0 spiro atoms. The van der Waals surface area contributed by atoms with E-state index in [-0.39, 0.29) is 11.8 Å². The molecule has 1 N–H and O–H groups in total. The predicted octanol–water partition coefficient (Wildman–Crippen LogP) is 2.70. The maximum atomic E-state index is 12.4. The van der Waals surface area contributed by atoms with Gasteiger partial charge in [-0.25, -0.2) is 9.97 Å². The number of aromatic nitrogens is 2. The summed E-state index contributed by atoms with van der Waals surface area (Å²) in [5, 5.41) is 3.00. The quantitative estimate of drug-likeness (QED) is 0.851. The van der Waals surface area contributed by atoms with Crippen LogP contribution in [0, 0.1) is 26.7 Å². The van der Waals surface area contributed by atoms with Crippen molar-refractivity contribution in [3.05, 3.63) is 52.6 Å². The molecule has 1 heterocycles. The van der Waals surface area contributed by atoms with Crippen molar-refractivity contribution in [3.8, 4) is 5.75 Å². The molecule has 1 aliphatic rings. The van der Waals surface area contributed by atoms with Gasteiger partial charge in [0.2, 0.25) is 5.91 Å². The van der Waals surface area contributed by atoms with Crippen molar-refractivity contribution >= 4 is 5.91 Å². The minimum atomic E-state index is -0.000923. The number of para-hydroxylation sites is 1. The molecule has 0 aliphatic heterocycles. The molecule has 0 fully saturated rings. The van der Waals surface area contributed by atoms with Crippen molar-refractivity contribution in [3.63, 3.8) is 0 Å². The Morgan fingerprint density at radius 1 is 1.28 bits per heavy atom. The van der Waals surface area contributed by atoms with Gasteiger partial charge in [-0.3, -0.25) is 4.79 Å². The number of nitrogens with zero attached hydrogens (tertiary/aromatic N) is 2. The number of rotatable bonds is 5. The Hall–Kier alpha value is -2.43. The van der Waals surface area contributed by atoms with Crippen LogP contribution in [0.1, 0.15) is 34.6 Å². The highest BCUT2D eigenvalue weighted by Crippen LogP contribution is 2.24. The van der Waals surface area contributed by atoms with Crippen LogP contribution in [-0.4, -0.2) is 29.0 Å². The molecule has 0 radical (unpaired) electrons. The maximum absolute atomic E-state index is 12.4. The Morgan fingerprint density at radius 2 is 2.04 bits per heavy atom. The van der Waals surface area contributed by atoms with E-state index in [2.05, 4.69) is 15.3 Å². The molecular formula is C20H25N3O2. The van der Waals surface area contributed by atoms with Crippen molar-refractivity contribution in [2.45, 2.75) is 40.0 Å². The lowest BCUT2D eigenvalue weighted by atomic mass is 9.86. The molecule has 1 aliphatic carbocycles. The maximum Gasteiger partial charge on any atom is 0.223 e. The second-order valence-corrected chi connectivity index (χ2v) is 6.69. The third-order valence-corrected chi connectivity index (χ3v) is 4.70. The van der Waals surface area contributed by atoms with Gasteiger partial charge in [0.15, 0.2) is 0 Å². The number of ether oxygens (including phenoxy) is 1. The zero-order valence-corrected chi connectivity index (χ0v) is 15.1. The van der Waals surface area contributed by atoms with Crippen LogP contribution in [0.3, 0.4) is 0 Å². The van der Waals surface area contributed by atoms with Gasteiger partial charge in [-0.05, 0) is 56.7 Å². The van der Waals surface area contributed by atoms with Crippen LogP contribution in [0.25, 0.3) is 0 Å². The van der Waals surface area contributed by atoms with Crippen molar-refractivity contribution in [2.24, 2.45) is 5.92 Å². The number of carbonyl (C=O) groups excluding carboxylic acids is 1. The summed E-state index contributed by atoms with van der Waals surface area (Å²) < 4.78 is 5.84. The van der Waals surface area contributed by atoms with Crippen molar-refractivity contribution in [1.82, 2.24) is 15.3 Å². The summed E-state index contributed by atoms with van der Waals surface area (Å²) in [7, 11) is 0. The van der Waals surface area contributed by atoms with Crippen LogP contribution in [0.5, 0.6) is 5.75 Å². The highest BCUT2D eigenvalue weighted by molar-refractivity contribution is 5.79. The molecule has 5 heteroatoms. The monoisotopic (exact) mass is 339 g/mol. The van der Waals surface area contributed by atoms with Gasteiger partial charge in [0, 0.05) is 17.8 Å². The van der Waals surface area contributed by atoms with Gasteiger partial charge < -0.3 is 10.1 Å². The zero-order chi connectivity index (χ0) is 17.8. The number of fused-ring (bicyclic) bond motifs is 1. The van der Waals surface area contributed by atoms with E-state index in [0.717, 1.165) is 53.2 Å². The fraction of sp³-hybridized carbons (Fsp3) is 0.450. The lowest BCUT2D eigenvalue weighted by Gasteiger charge is -2.23. The van der Waals surface area contributed by atoms with Crippen molar-refractivity contribution < 1.29 is 9.53 Å². The van der Waals surface area contributed by atoms with Crippen LogP contribution in [0.2, 0.25) is 0 Å². The first-order valence-electron chi connectivity index (χ1n) is 8.82. The molecule has 0 bridgehead atoms. The van der Waals surface area contributed by atoms with Crippen molar-refractivity contribution in [2.75, 3.05) is 13.2 Å². The average molecular weight is 339 g/mol. The minimum absolute atomic E-state index is 0.000923. The lowest BCUT2D eigenvalue weighted by molar-refractivity contribution is -0.125. The summed E-state index contributed by atoms with van der Waals surface area (Å²) in [6, 6.07) is 6.08. The van der Waals surface area contributed by atoms with Gasteiger partial charge in [0.1, 0.15) is 18.2 Å². The molecule has 1 unspecified atom stereocenters. The van der Waals surface area contributed by atoms with Gasteiger partial charge >= 0.3 is 0 Å². The molecular weight excluding hydrogens is 314 g/mol. The number of carbonyl (C=O) groups is 1. The Kier molecular flexibility index (Phi) is 5.31. The fourth-order valence-corrected chi connectivity index (χ4v) is 3.33. The Morgan fingerprint density at radius 3 is 2.80 bits per heavy atom.